The molecule has 1 aliphatic heterocycles. The highest BCUT2D eigenvalue weighted by atomic mass is 16.3. The van der Waals surface area contributed by atoms with Crippen LogP contribution in [0.25, 0.3) is 11.0 Å². The molecule has 1 saturated heterocycles. The smallest absolute Gasteiger partial charge is 0.134 e. The summed E-state index contributed by atoms with van der Waals surface area (Å²) in [6, 6.07) is 9.37. The quantitative estimate of drug-likeness (QED) is 0.928. The molecule has 0 bridgehead atoms. The first kappa shape index (κ1) is 14.6. The highest BCUT2D eigenvalue weighted by molar-refractivity contribution is 5.82. The second-order valence-electron chi connectivity index (χ2n) is 6.09. The maximum atomic E-state index is 6.21. The fourth-order valence-corrected chi connectivity index (χ4v) is 3.58. The van der Waals surface area contributed by atoms with E-state index in [4.69, 9.17) is 4.42 Å². The largest absolute Gasteiger partial charge is 0.459 e. The average Bonchev–Trinajstić information content (AvgIpc) is 2.92. The third kappa shape index (κ3) is 2.72. The van der Waals surface area contributed by atoms with Gasteiger partial charge in [0.05, 0.1) is 6.04 Å². The second-order valence-corrected chi connectivity index (χ2v) is 6.09. The number of hydrogen-bond donors (Lipinski definition) is 1. The molecule has 114 valence electrons. The summed E-state index contributed by atoms with van der Waals surface area (Å²) < 4.78 is 6.21. The minimum atomic E-state index is 0.350. The Balaban J connectivity index is 1.92. The Morgan fingerprint density at radius 3 is 2.95 bits per heavy atom. The fourth-order valence-electron chi connectivity index (χ4n) is 3.58. The van der Waals surface area contributed by atoms with Crippen molar-refractivity contribution in [1.29, 1.82) is 0 Å². The number of nitrogens with one attached hydrogen (secondary N) is 1. The van der Waals surface area contributed by atoms with Crippen LogP contribution in [0.3, 0.4) is 0 Å². The molecule has 2 atom stereocenters. The molecule has 2 heterocycles. The van der Waals surface area contributed by atoms with Crippen LogP contribution in [0.4, 0.5) is 0 Å². The molecule has 1 aliphatic rings. The molecule has 2 aromatic rings. The lowest BCUT2D eigenvalue weighted by molar-refractivity contribution is 0.135. The fraction of sp³-hybridized carbons (Fsp3) is 0.556. The van der Waals surface area contributed by atoms with Crippen LogP contribution in [0, 0.1) is 0 Å². The van der Waals surface area contributed by atoms with Gasteiger partial charge in [0.25, 0.3) is 0 Å². The Morgan fingerprint density at radius 1 is 1.38 bits per heavy atom. The normalized spacial score (nSPS) is 21.8. The lowest BCUT2D eigenvalue weighted by atomic mass is 10.0. The van der Waals surface area contributed by atoms with Gasteiger partial charge in [-0.2, -0.15) is 0 Å². The van der Waals surface area contributed by atoms with Crippen molar-refractivity contribution in [1.82, 2.24) is 10.2 Å². The van der Waals surface area contributed by atoms with Crippen molar-refractivity contribution in [2.75, 3.05) is 20.1 Å². The van der Waals surface area contributed by atoms with E-state index in [2.05, 4.69) is 55.4 Å². The number of hydrogen-bond acceptors (Lipinski definition) is 3. The van der Waals surface area contributed by atoms with Gasteiger partial charge in [0, 0.05) is 23.5 Å². The van der Waals surface area contributed by atoms with Crippen LogP contribution in [0.1, 0.15) is 44.1 Å². The van der Waals surface area contributed by atoms with E-state index in [0.717, 1.165) is 24.3 Å². The van der Waals surface area contributed by atoms with E-state index in [1.165, 1.54) is 30.3 Å². The number of piperidine rings is 1. The Kier molecular flexibility index (Phi) is 4.32. The molecule has 2 unspecified atom stereocenters. The van der Waals surface area contributed by atoms with Crippen molar-refractivity contribution < 1.29 is 4.42 Å². The monoisotopic (exact) mass is 286 g/mol. The number of para-hydroxylation sites is 1. The second kappa shape index (κ2) is 6.20. The number of rotatable bonds is 4. The molecule has 1 N–H and O–H groups in total. The van der Waals surface area contributed by atoms with E-state index in [0.29, 0.717) is 12.1 Å². The summed E-state index contributed by atoms with van der Waals surface area (Å²) in [4.78, 5) is 2.56. The molecule has 1 fully saturated rings. The molecule has 1 aromatic carbocycles. The zero-order valence-electron chi connectivity index (χ0n) is 13.4. The molecule has 3 nitrogen and oxygen atoms in total. The third-order valence-electron chi connectivity index (χ3n) is 4.87. The molecule has 1 aromatic heterocycles. The number of nitrogens with zero attached hydrogens (tertiary/aromatic N) is 1. The first-order chi connectivity index (χ1) is 10.2. The Hall–Kier alpha value is -1.32. The van der Waals surface area contributed by atoms with Crippen LogP contribution in [0.2, 0.25) is 0 Å². The predicted molar refractivity (Wildman–Crippen MR) is 87.7 cm³/mol. The maximum Gasteiger partial charge on any atom is 0.134 e. The topological polar surface area (TPSA) is 28.4 Å². The van der Waals surface area contributed by atoms with E-state index < -0.39 is 0 Å². The number of fused-ring (bicyclic) bond motifs is 1. The highest BCUT2D eigenvalue weighted by Crippen LogP contribution is 2.34. The predicted octanol–water partition coefficient (Wildman–Crippen LogP) is 3.74. The number of likely N-dealkylation sites (tertiary alicyclic amines) is 1. The van der Waals surface area contributed by atoms with Crippen molar-refractivity contribution in [3.05, 3.63) is 35.6 Å². The molecule has 3 heteroatoms. The van der Waals surface area contributed by atoms with Crippen LogP contribution in [-0.2, 0) is 6.42 Å². The highest BCUT2D eigenvalue weighted by Gasteiger charge is 2.27. The summed E-state index contributed by atoms with van der Waals surface area (Å²) in [6.45, 7) is 6.78. The Labute approximate surface area is 127 Å². The average molecular weight is 286 g/mol. The van der Waals surface area contributed by atoms with Gasteiger partial charge in [0.15, 0.2) is 0 Å². The van der Waals surface area contributed by atoms with Gasteiger partial charge in [-0.25, -0.2) is 0 Å². The Bertz CT molecular complexity index is 604. The van der Waals surface area contributed by atoms with E-state index in [1.807, 2.05) is 0 Å². The zero-order chi connectivity index (χ0) is 14.8. The molecule has 0 radical (unpaired) electrons. The summed E-state index contributed by atoms with van der Waals surface area (Å²) in [5, 5.41) is 4.70. The first-order valence-corrected chi connectivity index (χ1v) is 8.16. The summed E-state index contributed by atoms with van der Waals surface area (Å²) >= 11 is 0. The van der Waals surface area contributed by atoms with Crippen LogP contribution < -0.4 is 5.32 Å². The van der Waals surface area contributed by atoms with Crippen molar-refractivity contribution >= 4 is 11.0 Å². The van der Waals surface area contributed by atoms with Crippen molar-refractivity contribution in [2.45, 2.75) is 45.2 Å². The number of benzene rings is 1. The molecule has 0 amide bonds. The molecule has 21 heavy (non-hydrogen) atoms. The van der Waals surface area contributed by atoms with Crippen LogP contribution >= 0.6 is 0 Å². The van der Waals surface area contributed by atoms with Crippen LogP contribution in [-0.4, -0.2) is 31.1 Å². The van der Waals surface area contributed by atoms with Crippen molar-refractivity contribution in [3.63, 3.8) is 0 Å². The number of aryl methyl sites for hydroxylation is 1. The number of likely N-dealkylation sites (N-methyl/N-ethyl adjacent to an activating group) is 1. The van der Waals surface area contributed by atoms with Gasteiger partial charge in [-0.1, -0.05) is 25.1 Å². The molecular weight excluding hydrogens is 260 g/mol. The van der Waals surface area contributed by atoms with Crippen LogP contribution in [0.15, 0.2) is 28.7 Å². The summed E-state index contributed by atoms with van der Waals surface area (Å²) in [6.07, 6.45) is 3.57. The summed E-state index contributed by atoms with van der Waals surface area (Å²) in [5.74, 6) is 1.16. The van der Waals surface area contributed by atoms with Gasteiger partial charge >= 0.3 is 0 Å². The van der Waals surface area contributed by atoms with E-state index in [9.17, 15) is 0 Å². The van der Waals surface area contributed by atoms with Gasteiger partial charge in [-0.15, -0.1) is 0 Å². The SMILES string of the molecule is CCc1c(C(C)N2CCCC(NC)C2)oc2ccccc12. The zero-order valence-corrected chi connectivity index (χ0v) is 13.4. The minimum Gasteiger partial charge on any atom is -0.459 e. The molecule has 3 rings (SSSR count). The van der Waals surface area contributed by atoms with E-state index in [-0.39, 0.29) is 0 Å². The van der Waals surface area contributed by atoms with Gasteiger partial charge in [0.1, 0.15) is 11.3 Å². The third-order valence-corrected chi connectivity index (χ3v) is 4.87. The van der Waals surface area contributed by atoms with Gasteiger partial charge < -0.3 is 9.73 Å². The number of furan rings is 1. The molecule has 0 saturated carbocycles. The standard InChI is InChI=1S/C18H26N2O/c1-4-15-16-9-5-6-10-17(16)21-18(15)13(2)20-11-7-8-14(12-20)19-3/h5-6,9-10,13-14,19H,4,7-8,11-12H2,1-3H3. The Morgan fingerprint density at radius 2 is 2.19 bits per heavy atom. The summed E-state index contributed by atoms with van der Waals surface area (Å²) in [7, 11) is 2.07. The molecule has 0 spiro atoms. The van der Waals surface area contributed by atoms with Crippen molar-refractivity contribution in [3.8, 4) is 0 Å². The molecular formula is C18H26N2O. The minimum absolute atomic E-state index is 0.350. The van der Waals surface area contributed by atoms with Gasteiger partial charge in [-0.3, -0.25) is 4.90 Å². The van der Waals surface area contributed by atoms with E-state index >= 15 is 0 Å². The summed E-state index contributed by atoms with van der Waals surface area (Å²) in [5.41, 5.74) is 2.41. The van der Waals surface area contributed by atoms with Gasteiger partial charge in [-0.05, 0) is 45.8 Å². The van der Waals surface area contributed by atoms with Crippen molar-refractivity contribution in [2.24, 2.45) is 0 Å². The van der Waals surface area contributed by atoms with E-state index in [1.54, 1.807) is 0 Å². The molecule has 0 aliphatic carbocycles. The first-order valence-electron chi connectivity index (χ1n) is 8.16. The maximum absolute atomic E-state index is 6.21. The lowest BCUT2D eigenvalue weighted by Gasteiger charge is -2.36. The van der Waals surface area contributed by atoms with Crippen LogP contribution in [0.5, 0.6) is 0 Å². The van der Waals surface area contributed by atoms with Gasteiger partial charge in [0.2, 0.25) is 0 Å². The lowest BCUT2D eigenvalue weighted by Crippen LogP contribution is -2.45.